The Hall–Kier alpha value is -2.09. The second-order valence-corrected chi connectivity index (χ2v) is 5.84. The molecule has 0 saturated heterocycles. The average molecular weight is 286 g/mol. The van der Waals surface area contributed by atoms with E-state index in [1.54, 1.807) is 0 Å². The summed E-state index contributed by atoms with van der Waals surface area (Å²) in [5.74, 6) is -0.736. The number of rotatable bonds is 3. The summed E-state index contributed by atoms with van der Waals surface area (Å²) in [6, 6.07) is 2.13. The van der Waals surface area contributed by atoms with Crippen molar-refractivity contribution in [3.05, 3.63) is 24.1 Å². The van der Waals surface area contributed by atoms with Crippen LogP contribution in [-0.2, 0) is 9.84 Å². The van der Waals surface area contributed by atoms with Crippen LogP contribution in [0.5, 0.6) is 5.75 Å². The van der Waals surface area contributed by atoms with Gasteiger partial charge in [-0.15, -0.1) is 0 Å². The third-order valence-electron chi connectivity index (χ3n) is 2.54. The van der Waals surface area contributed by atoms with Gasteiger partial charge in [0.25, 0.3) is 0 Å². The first-order chi connectivity index (χ1) is 8.84. The molecule has 2 N–H and O–H groups in total. The number of aromatic nitrogens is 1. The van der Waals surface area contributed by atoms with Crippen molar-refractivity contribution in [2.24, 2.45) is 0 Å². The van der Waals surface area contributed by atoms with Crippen molar-refractivity contribution < 1.29 is 22.1 Å². The summed E-state index contributed by atoms with van der Waals surface area (Å²) in [6.07, 6.45) is 2.21. The number of hydrogen-bond acceptors (Lipinski definition) is 6. The molecule has 0 bridgehead atoms. The van der Waals surface area contributed by atoms with Gasteiger partial charge in [0.2, 0.25) is 5.88 Å². The van der Waals surface area contributed by atoms with Crippen LogP contribution in [0.1, 0.15) is 0 Å². The van der Waals surface area contributed by atoms with Crippen molar-refractivity contribution in [3.63, 3.8) is 0 Å². The summed E-state index contributed by atoms with van der Waals surface area (Å²) in [4.78, 5) is -0.442. The van der Waals surface area contributed by atoms with Crippen LogP contribution >= 0.6 is 0 Å². The zero-order valence-electron chi connectivity index (χ0n) is 10.2. The first kappa shape index (κ1) is 13.3. The summed E-state index contributed by atoms with van der Waals surface area (Å²) in [6.45, 7) is 0. The fraction of sp³-hybridized carbons (Fsp3) is 0.182. The zero-order valence-corrected chi connectivity index (χ0v) is 11.0. The summed E-state index contributed by atoms with van der Waals surface area (Å²) in [5, 5.41) is 3.48. The number of nitrogens with zero attached hydrogens (tertiary/aromatic N) is 1. The molecule has 0 fully saturated rings. The van der Waals surface area contributed by atoms with Gasteiger partial charge in [0, 0.05) is 17.9 Å². The van der Waals surface area contributed by atoms with Crippen molar-refractivity contribution in [1.82, 2.24) is 5.16 Å². The number of sulfone groups is 1. The molecule has 0 saturated carbocycles. The van der Waals surface area contributed by atoms with Gasteiger partial charge in [-0.1, -0.05) is 5.16 Å². The van der Waals surface area contributed by atoms with Crippen LogP contribution in [0.4, 0.5) is 10.3 Å². The van der Waals surface area contributed by atoms with E-state index in [0.29, 0.717) is 5.56 Å². The largest absolute Gasteiger partial charge is 0.496 e. The van der Waals surface area contributed by atoms with Gasteiger partial charge in [-0.25, -0.2) is 12.8 Å². The van der Waals surface area contributed by atoms with Gasteiger partial charge in [0.15, 0.2) is 9.84 Å². The number of benzene rings is 1. The Balaban J connectivity index is 2.72. The van der Waals surface area contributed by atoms with Gasteiger partial charge in [-0.3, -0.25) is 0 Å². The van der Waals surface area contributed by atoms with E-state index in [0.717, 1.165) is 18.4 Å². The van der Waals surface area contributed by atoms with Crippen molar-refractivity contribution in [3.8, 4) is 16.9 Å². The third kappa shape index (κ3) is 2.39. The quantitative estimate of drug-likeness (QED) is 0.918. The molecule has 2 rings (SSSR count). The van der Waals surface area contributed by atoms with Gasteiger partial charge in [0.05, 0.1) is 18.9 Å². The van der Waals surface area contributed by atoms with E-state index in [1.807, 2.05) is 0 Å². The Kier molecular flexibility index (Phi) is 3.19. The predicted molar refractivity (Wildman–Crippen MR) is 66.0 cm³/mol. The lowest BCUT2D eigenvalue weighted by atomic mass is 10.1. The number of hydrogen-bond donors (Lipinski definition) is 1. The normalized spacial score (nSPS) is 11.5. The minimum Gasteiger partial charge on any atom is -0.496 e. The van der Waals surface area contributed by atoms with Crippen molar-refractivity contribution in [2.75, 3.05) is 19.1 Å². The van der Waals surface area contributed by atoms with E-state index in [-0.39, 0.29) is 17.2 Å². The maximum absolute atomic E-state index is 13.9. The molecule has 19 heavy (non-hydrogen) atoms. The van der Waals surface area contributed by atoms with Crippen LogP contribution in [0.3, 0.4) is 0 Å². The average Bonchev–Trinajstić information content (AvgIpc) is 2.73. The SMILES string of the molecule is COc1cc(S(C)(=O)=O)c(F)cc1-c1cnoc1N. The van der Waals surface area contributed by atoms with Crippen molar-refractivity contribution in [1.29, 1.82) is 0 Å². The fourth-order valence-corrected chi connectivity index (χ4v) is 2.38. The van der Waals surface area contributed by atoms with Crippen LogP contribution in [0.15, 0.2) is 27.7 Å². The fourth-order valence-electron chi connectivity index (χ4n) is 1.65. The number of ether oxygens (including phenoxy) is 1. The molecule has 102 valence electrons. The molecule has 0 spiro atoms. The lowest BCUT2D eigenvalue weighted by Gasteiger charge is -2.10. The number of halogens is 1. The molecule has 0 radical (unpaired) electrons. The van der Waals surface area contributed by atoms with Gasteiger partial charge in [-0.2, -0.15) is 0 Å². The minimum absolute atomic E-state index is 0.00944. The van der Waals surface area contributed by atoms with Crippen LogP contribution in [0.2, 0.25) is 0 Å². The topological polar surface area (TPSA) is 95.4 Å². The summed E-state index contributed by atoms with van der Waals surface area (Å²) < 4.78 is 46.5. The number of nitrogen functional groups attached to an aromatic ring is 1. The lowest BCUT2D eigenvalue weighted by Crippen LogP contribution is -2.02. The summed E-state index contributed by atoms with van der Waals surface area (Å²) in [5.41, 5.74) is 6.14. The Morgan fingerprint density at radius 2 is 2.05 bits per heavy atom. The van der Waals surface area contributed by atoms with E-state index in [9.17, 15) is 12.8 Å². The predicted octanol–water partition coefficient (Wildman–Crippen LogP) is 1.47. The molecule has 0 aliphatic carbocycles. The molecule has 1 aromatic carbocycles. The van der Waals surface area contributed by atoms with Gasteiger partial charge >= 0.3 is 0 Å². The number of methoxy groups -OCH3 is 1. The summed E-state index contributed by atoms with van der Waals surface area (Å²) >= 11 is 0. The van der Waals surface area contributed by atoms with Gasteiger partial charge < -0.3 is 15.0 Å². The second-order valence-electron chi connectivity index (χ2n) is 3.86. The highest BCUT2D eigenvalue weighted by atomic mass is 32.2. The van der Waals surface area contributed by atoms with E-state index in [1.165, 1.54) is 13.3 Å². The highest BCUT2D eigenvalue weighted by Gasteiger charge is 2.21. The Morgan fingerprint density at radius 3 is 2.53 bits per heavy atom. The number of anilines is 1. The van der Waals surface area contributed by atoms with Crippen LogP contribution in [-0.4, -0.2) is 26.9 Å². The molecule has 1 aromatic heterocycles. The summed E-state index contributed by atoms with van der Waals surface area (Å²) in [7, 11) is -2.35. The van der Waals surface area contributed by atoms with Gasteiger partial charge in [-0.05, 0) is 6.07 Å². The maximum atomic E-state index is 13.9. The molecular weight excluding hydrogens is 275 g/mol. The monoisotopic (exact) mass is 286 g/mol. The molecule has 0 amide bonds. The molecule has 6 nitrogen and oxygen atoms in total. The first-order valence-electron chi connectivity index (χ1n) is 5.12. The number of nitrogens with two attached hydrogens (primary N) is 1. The van der Waals surface area contributed by atoms with E-state index < -0.39 is 20.5 Å². The molecule has 1 heterocycles. The molecule has 2 aromatic rings. The minimum atomic E-state index is -3.69. The highest BCUT2D eigenvalue weighted by Crippen LogP contribution is 2.36. The van der Waals surface area contributed by atoms with Crippen molar-refractivity contribution in [2.45, 2.75) is 4.90 Å². The third-order valence-corrected chi connectivity index (χ3v) is 3.65. The van der Waals surface area contributed by atoms with Crippen LogP contribution in [0.25, 0.3) is 11.1 Å². The van der Waals surface area contributed by atoms with Crippen molar-refractivity contribution >= 4 is 15.7 Å². The second kappa shape index (κ2) is 4.54. The molecule has 0 aliphatic heterocycles. The van der Waals surface area contributed by atoms with E-state index >= 15 is 0 Å². The maximum Gasteiger partial charge on any atom is 0.230 e. The highest BCUT2D eigenvalue weighted by molar-refractivity contribution is 7.90. The first-order valence-corrected chi connectivity index (χ1v) is 7.02. The molecule has 0 aliphatic rings. The Bertz CT molecular complexity index is 724. The molecular formula is C11H11FN2O4S. The molecule has 0 unspecified atom stereocenters. The van der Waals surface area contributed by atoms with Crippen LogP contribution in [0, 0.1) is 5.82 Å². The van der Waals surface area contributed by atoms with Gasteiger partial charge in [0.1, 0.15) is 16.5 Å². The standard InChI is InChI=1S/C11H11FN2O4S/c1-17-9-4-10(19(2,15)16)8(12)3-6(9)7-5-14-18-11(7)13/h3-5H,13H2,1-2H3. The van der Waals surface area contributed by atoms with E-state index in [2.05, 4.69) is 9.68 Å². The lowest BCUT2D eigenvalue weighted by molar-refractivity contribution is 0.413. The Labute approximate surface area is 108 Å². The Morgan fingerprint density at radius 1 is 1.37 bits per heavy atom. The smallest absolute Gasteiger partial charge is 0.230 e. The van der Waals surface area contributed by atoms with E-state index in [4.69, 9.17) is 10.5 Å². The molecule has 0 atom stereocenters. The zero-order chi connectivity index (χ0) is 14.2. The molecule has 8 heteroatoms. The van der Waals surface area contributed by atoms with Crippen LogP contribution < -0.4 is 10.5 Å².